The minimum Gasteiger partial charge on any atom is -0.497 e. The van der Waals surface area contributed by atoms with Crippen LogP contribution in [-0.2, 0) is 34.9 Å². The molecule has 7 heteroatoms. The van der Waals surface area contributed by atoms with Crippen molar-refractivity contribution in [3.63, 3.8) is 0 Å². The molecule has 0 radical (unpaired) electrons. The molecule has 0 aliphatic carbocycles. The summed E-state index contributed by atoms with van der Waals surface area (Å²) in [5.41, 5.74) is 3.72. The third-order valence-corrected chi connectivity index (χ3v) is 8.42. The summed E-state index contributed by atoms with van der Waals surface area (Å²) in [6.45, 7) is 8.38. The van der Waals surface area contributed by atoms with Gasteiger partial charge in [-0.05, 0) is 76.4 Å². The van der Waals surface area contributed by atoms with Gasteiger partial charge >= 0.3 is 0 Å². The number of pyridine rings is 1. The molecule has 1 heterocycles. The predicted octanol–water partition coefficient (Wildman–Crippen LogP) is 5.79. The van der Waals surface area contributed by atoms with Crippen molar-refractivity contribution >= 4 is 20.9 Å². The van der Waals surface area contributed by atoms with Gasteiger partial charge in [-0.1, -0.05) is 58.0 Å². The monoisotopic (exact) mass is 518 g/mol. The molecule has 0 spiro atoms. The average Bonchev–Trinajstić information content (AvgIpc) is 2.88. The highest BCUT2D eigenvalue weighted by molar-refractivity contribution is 7.89. The lowest BCUT2D eigenvalue weighted by Gasteiger charge is -2.24. The Hall–Kier alpha value is -3.42. The lowest BCUT2D eigenvalue weighted by Crippen LogP contribution is -2.32. The van der Waals surface area contributed by atoms with Gasteiger partial charge in [0.2, 0.25) is 10.0 Å². The van der Waals surface area contributed by atoms with Crippen LogP contribution in [0.1, 0.15) is 49.9 Å². The fraction of sp³-hybridized carbons (Fsp3) is 0.300. The third kappa shape index (κ3) is 5.95. The first kappa shape index (κ1) is 26.6. The van der Waals surface area contributed by atoms with E-state index >= 15 is 0 Å². The highest BCUT2D eigenvalue weighted by Gasteiger charge is 2.27. The molecule has 6 nitrogen and oxygen atoms in total. The van der Waals surface area contributed by atoms with Gasteiger partial charge in [0, 0.05) is 24.2 Å². The van der Waals surface area contributed by atoms with Gasteiger partial charge in [-0.15, -0.1) is 0 Å². The van der Waals surface area contributed by atoms with Crippen LogP contribution in [0.4, 0.5) is 0 Å². The minimum absolute atomic E-state index is 0.0585. The molecule has 194 valence electrons. The Morgan fingerprint density at radius 3 is 2.11 bits per heavy atom. The molecule has 37 heavy (non-hydrogen) atoms. The number of ether oxygens (including phenoxy) is 1. The van der Waals surface area contributed by atoms with Gasteiger partial charge in [-0.2, -0.15) is 4.31 Å². The number of sulfonamides is 1. The molecular formula is C30H34N2O4S. The number of H-pyrrole nitrogens is 1. The van der Waals surface area contributed by atoms with Crippen LogP contribution in [-0.4, -0.2) is 24.8 Å². The van der Waals surface area contributed by atoms with Gasteiger partial charge < -0.3 is 9.72 Å². The van der Waals surface area contributed by atoms with Crippen molar-refractivity contribution in [3.05, 3.63) is 105 Å². The average molecular weight is 519 g/mol. The van der Waals surface area contributed by atoms with E-state index in [1.165, 1.54) is 4.31 Å². The number of benzene rings is 3. The molecule has 0 aliphatic heterocycles. The molecule has 0 saturated heterocycles. The molecule has 0 bridgehead atoms. The van der Waals surface area contributed by atoms with Crippen LogP contribution >= 0.6 is 0 Å². The Balaban J connectivity index is 1.76. The number of aryl methyl sites for hydroxylation is 1. The van der Waals surface area contributed by atoms with Gasteiger partial charge in [0.15, 0.2) is 0 Å². The van der Waals surface area contributed by atoms with Crippen LogP contribution in [0, 0.1) is 0 Å². The predicted molar refractivity (Wildman–Crippen MR) is 149 cm³/mol. The quantitative estimate of drug-likeness (QED) is 0.320. The van der Waals surface area contributed by atoms with E-state index in [1.54, 1.807) is 37.4 Å². The van der Waals surface area contributed by atoms with Crippen molar-refractivity contribution in [3.8, 4) is 5.75 Å². The molecule has 1 aromatic heterocycles. The van der Waals surface area contributed by atoms with Crippen molar-refractivity contribution in [1.82, 2.24) is 9.29 Å². The highest BCUT2D eigenvalue weighted by Crippen LogP contribution is 2.27. The van der Waals surface area contributed by atoms with Crippen molar-refractivity contribution in [1.29, 1.82) is 0 Å². The number of nitrogens with one attached hydrogen (secondary N) is 1. The van der Waals surface area contributed by atoms with E-state index in [0.717, 1.165) is 34.0 Å². The van der Waals surface area contributed by atoms with E-state index in [2.05, 4.69) is 32.7 Å². The summed E-state index contributed by atoms with van der Waals surface area (Å²) in [6, 6.07) is 22.0. The zero-order chi connectivity index (χ0) is 26.8. The second kappa shape index (κ2) is 10.5. The van der Waals surface area contributed by atoms with Crippen molar-refractivity contribution < 1.29 is 13.2 Å². The lowest BCUT2D eigenvalue weighted by atomic mass is 9.87. The number of hydrogen-bond donors (Lipinski definition) is 1. The highest BCUT2D eigenvalue weighted by atomic mass is 32.2. The summed E-state index contributed by atoms with van der Waals surface area (Å²) in [5.74, 6) is 0.689. The van der Waals surface area contributed by atoms with Gasteiger partial charge in [-0.25, -0.2) is 8.42 Å². The Kier molecular flexibility index (Phi) is 7.57. The largest absolute Gasteiger partial charge is 0.497 e. The van der Waals surface area contributed by atoms with E-state index < -0.39 is 10.0 Å². The summed E-state index contributed by atoms with van der Waals surface area (Å²) in [6.07, 6.45) is 0.868. The minimum atomic E-state index is -3.91. The van der Waals surface area contributed by atoms with Gasteiger partial charge in [0.05, 0.1) is 12.0 Å². The second-order valence-corrected chi connectivity index (χ2v) is 12.2. The van der Waals surface area contributed by atoms with Crippen molar-refractivity contribution in [2.75, 3.05) is 7.11 Å². The van der Waals surface area contributed by atoms with E-state index in [9.17, 15) is 13.2 Å². The first-order chi connectivity index (χ1) is 17.5. The SMILES string of the molecule is CCc1ccc2[nH]c(=O)c(CN(Cc3ccc(OC)cc3)S(=O)(=O)c3ccc(C(C)(C)C)cc3)cc2c1. The standard InChI is InChI=1S/C30H34N2O4S/c1-6-21-9-16-28-23(17-21)18-24(29(33)31-28)20-32(19-22-7-12-26(36-5)13-8-22)37(34,35)27-14-10-25(11-15-27)30(2,3)4/h7-18H,6,19-20H2,1-5H3,(H,31,33). The third-order valence-electron chi connectivity index (χ3n) is 6.62. The van der Waals surface area contributed by atoms with Gasteiger partial charge in [-0.3, -0.25) is 4.79 Å². The van der Waals surface area contributed by atoms with Crippen molar-refractivity contribution in [2.24, 2.45) is 0 Å². The van der Waals surface area contributed by atoms with Crippen LogP contribution in [0.15, 0.2) is 82.5 Å². The smallest absolute Gasteiger partial charge is 0.252 e. The summed E-state index contributed by atoms with van der Waals surface area (Å²) < 4.78 is 34.4. The molecule has 0 atom stereocenters. The van der Waals surface area contributed by atoms with E-state index in [4.69, 9.17) is 4.74 Å². The maximum absolute atomic E-state index is 13.9. The van der Waals surface area contributed by atoms with Crippen LogP contribution in [0.3, 0.4) is 0 Å². The fourth-order valence-corrected chi connectivity index (χ4v) is 5.67. The van der Waals surface area contributed by atoms with Gasteiger partial charge in [0.1, 0.15) is 5.75 Å². The normalized spacial score (nSPS) is 12.3. The molecule has 0 fully saturated rings. The zero-order valence-electron chi connectivity index (χ0n) is 22.0. The first-order valence-electron chi connectivity index (χ1n) is 12.4. The molecule has 0 unspecified atom stereocenters. The van der Waals surface area contributed by atoms with Gasteiger partial charge in [0.25, 0.3) is 5.56 Å². The number of methoxy groups -OCH3 is 1. The second-order valence-electron chi connectivity index (χ2n) is 10.3. The Labute approximate surface area is 219 Å². The number of aromatic nitrogens is 1. The summed E-state index contributed by atoms with van der Waals surface area (Å²) >= 11 is 0. The molecule has 3 aromatic carbocycles. The summed E-state index contributed by atoms with van der Waals surface area (Å²) in [4.78, 5) is 16.1. The Morgan fingerprint density at radius 2 is 1.51 bits per heavy atom. The van der Waals surface area contributed by atoms with Crippen LogP contribution in [0.25, 0.3) is 10.9 Å². The molecule has 4 rings (SSSR count). The van der Waals surface area contributed by atoms with E-state index in [-0.39, 0.29) is 29.0 Å². The Bertz CT molecular complexity index is 1550. The fourth-order valence-electron chi connectivity index (χ4n) is 4.27. The van der Waals surface area contributed by atoms with E-state index in [0.29, 0.717) is 11.3 Å². The topological polar surface area (TPSA) is 79.5 Å². The number of hydrogen-bond acceptors (Lipinski definition) is 4. The lowest BCUT2D eigenvalue weighted by molar-refractivity contribution is 0.398. The molecule has 4 aromatic rings. The number of rotatable bonds is 8. The number of aromatic amines is 1. The summed E-state index contributed by atoms with van der Waals surface area (Å²) in [5, 5.41) is 0.880. The van der Waals surface area contributed by atoms with Crippen LogP contribution in [0.2, 0.25) is 0 Å². The molecule has 1 N–H and O–H groups in total. The van der Waals surface area contributed by atoms with E-state index in [1.807, 2.05) is 42.5 Å². The Morgan fingerprint density at radius 1 is 0.865 bits per heavy atom. The van der Waals surface area contributed by atoms with Crippen molar-refractivity contribution in [2.45, 2.75) is 57.5 Å². The maximum atomic E-state index is 13.9. The molecule has 0 aliphatic rings. The van der Waals surface area contributed by atoms with Crippen LogP contribution < -0.4 is 10.3 Å². The zero-order valence-corrected chi connectivity index (χ0v) is 22.9. The summed E-state index contributed by atoms with van der Waals surface area (Å²) in [7, 11) is -2.32. The molecule has 0 saturated carbocycles. The van der Waals surface area contributed by atoms with Crippen LogP contribution in [0.5, 0.6) is 5.75 Å². The molecule has 0 amide bonds. The number of nitrogens with zero attached hydrogens (tertiary/aromatic N) is 1. The number of fused-ring (bicyclic) bond motifs is 1. The first-order valence-corrected chi connectivity index (χ1v) is 13.8. The molecular weight excluding hydrogens is 484 g/mol. The maximum Gasteiger partial charge on any atom is 0.252 e.